The molecule has 0 unspecified atom stereocenters. The molecule has 1 aromatic heterocycles. The second-order valence-electron chi connectivity index (χ2n) is 3.36. The van der Waals surface area contributed by atoms with Crippen molar-refractivity contribution in [1.29, 1.82) is 0 Å². The number of ether oxygens (including phenoxy) is 1. The van der Waals surface area contributed by atoms with E-state index in [1.165, 1.54) is 13.2 Å². The summed E-state index contributed by atoms with van der Waals surface area (Å²) in [5, 5.41) is 9.71. The van der Waals surface area contributed by atoms with Gasteiger partial charge in [0, 0.05) is 5.56 Å². The molecule has 0 saturated carbocycles. The molecule has 0 aliphatic heterocycles. The zero-order valence-corrected chi connectivity index (χ0v) is 11.4. The van der Waals surface area contributed by atoms with E-state index >= 15 is 0 Å². The number of carbonyl (C=O) groups excluding carboxylic acids is 1. The molecule has 0 saturated heterocycles. The van der Waals surface area contributed by atoms with Crippen LogP contribution in [0.15, 0.2) is 12.1 Å². The van der Waals surface area contributed by atoms with Crippen molar-refractivity contribution in [2.45, 2.75) is 0 Å². The molecule has 6 nitrogen and oxygen atoms in total. The Kier molecular flexibility index (Phi) is 3.45. The zero-order valence-electron chi connectivity index (χ0n) is 9.20. The van der Waals surface area contributed by atoms with E-state index < -0.39 is 11.7 Å². The van der Waals surface area contributed by atoms with Gasteiger partial charge in [-0.15, -0.1) is 0 Å². The highest BCUT2D eigenvalue weighted by Gasteiger charge is 2.18. The summed E-state index contributed by atoms with van der Waals surface area (Å²) in [5.74, 6) is -1.13. The molecule has 1 heterocycles. The molecule has 1 amide bonds. The number of aromatic amines is 1. The van der Waals surface area contributed by atoms with Crippen molar-refractivity contribution in [2.75, 3.05) is 7.11 Å². The summed E-state index contributed by atoms with van der Waals surface area (Å²) in [6, 6.07) is 2.85. The second kappa shape index (κ2) is 4.88. The quantitative estimate of drug-likeness (QED) is 0.806. The van der Waals surface area contributed by atoms with Gasteiger partial charge in [-0.3, -0.25) is 4.79 Å². The van der Waals surface area contributed by atoms with Gasteiger partial charge in [0.15, 0.2) is 17.3 Å². The van der Waals surface area contributed by atoms with E-state index in [4.69, 9.17) is 10.5 Å². The van der Waals surface area contributed by atoms with Gasteiger partial charge in [-0.25, -0.2) is 4.39 Å². The summed E-state index contributed by atoms with van der Waals surface area (Å²) in [7, 11) is 1.38. The van der Waals surface area contributed by atoms with Gasteiger partial charge < -0.3 is 10.5 Å². The highest BCUT2D eigenvalue weighted by atomic mass is 127. The van der Waals surface area contributed by atoms with Crippen LogP contribution in [0.3, 0.4) is 0 Å². The fraction of sp³-hybridized carbons (Fsp3) is 0.100. The second-order valence-corrected chi connectivity index (χ2v) is 4.52. The van der Waals surface area contributed by atoms with Crippen LogP contribution in [0.4, 0.5) is 4.39 Å². The first-order valence-corrected chi connectivity index (χ1v) is 5.86. The summed E-state index contributed by atoms with van der Waals surface area (Å²) in [4.78, 5) is 11.1. The van der Waals surface area contributed by atoms with Crippen LogP contribution in [0.25, 0.3) is 11.3 Å². The summed E-state index contributed by atoms with van der Waals surface area (Å²) in [6.07, 6.45) is 0. The van der Waals surface area contributed by atoms with Crippen LogP contribution >= 0.6 is 22.6 Å². The number of H-pyrrole nitrogens is 1. The van der Waals surface area contributed by atoms with Gasteiger partial charge in [0.1, 0.15) is 5.69 Å². The molecule has 0 aliphatic rings. The van der Waals surface area contributed by atoms with E-state index in [0.717, 1.165) is 0 Å². The van der Waals surface area contributed by atoms with Crippen LogP contribution in [-0.4, -0.2) is 28.4 Å². The molecule has 0 aliphatic carbocycles. The highest BCUT2D eigenvalue weighted by molar-refractivity contribution is 14.1. The van der Waals surface area contributed by atoms with Crippen LogP contribution in [0.1, 0.15) is 10.5 Å². The van der Waals surface area contributed by atoms with Crippen molar-refractivity contribution in [3.05, 3.63) is 27.2 Å². The van der Waals surface area contributed by atoms with Gasteiger partial charge in [-0.1, -0.05) is 0 Å². The number of halogens is 2. The molecule has 0 fully saturated rings. The normalized spacial score (nSPS) is 10.4. The lowest BCUT2D eigenvalue weighted by atomic mass is 10.1. The van der Waals surface area contributed by atoms with Gasteiger partial charge in [-0.05, 0) is 34.7 Å². The third-order valence-electron chi connectivity index (χ3n) is 2.26. The Balaban J connectivity index is 2.58. The first-order valence-electron chi connectivity index (χ1n) is 4.78. The van der Waals surface area contributed by atoms with E-state index in [-0.39, 0.29) is 17.1 Å². The molecular formula is C10H8FIN4O2. The van der Waals surface area contributed by atoms with Gasteiger partial charge >= 0.3 is 0 Å². The van der Waals surface area contributed by atoms with E-state index in [1.54, 1.807) is 6.07 Å². The number of amides is 1. The minimum Gasteiger partial charge on any atom is -0.493 e. The summed E-state index contributed by atoms with van der Waals surface area (Å²) in [5.41, 5.74) is 5.73. The number of hydrogen-bond acceptors (Lipinski definition) is 4. The Morgan fingerprint density at radius 1 is 1.50 bits per heavy atom. The highest BCUT2D eigenvalue weighted by Crippen LogP contribution is 2.30. The number of carbonyl (C=O) groups is 1. The Morgan fingerprint density at radius 3 is 2.78 bits per heavy atom. The maximum absolute atomic E-state index is 13.7. The summed E-state index contributed by atoms with van der Waals surface area (Å²) in [6.45, 7) is 0. The molecule has 0 spiro atoms. The predicted octanol–water partition coefficient (Wildman–Crippen LogP) is 1.32. The van der Waals surface area contributed by atoms with Crippen LogP contribution < -0.4 is 10.5 Å². The number of methoxy groups -OCH3 is 1. The Bertz CT molecular complexity index is 591. The van der Waals surface area contributed by atoms with Gasteiger partial charge in [-0.2, -0.15) is 15.4 Å². The van der Waals surface area contributed by atoms with Crippen molar-refractivity contribution < 1.29 is 13.9 Å². The summed E-state index contributed by atoms with van der Waals surface area (Å²) < 4.78 is 19.2. The topological polar surface area (TPSA) is 93.9 Å². The molecule has 1 aromatic carbocycles. The van der Waals surface area contributed by atoms with Crippen LogP contribution in [-0.2, 0) is 0 Å². The lowest BCUT2D eigenvalue weighted by molar-refractivity contribution is 0.0996. The number of rotatable bonds is 3. The van der Waals surface area contributed by atoms with Crippen LogP contribution in [0.2, 0.25) is 0 Å². The zero-order chi connectivity index (χ0) is 13.3. The maximum atomic E-state index is 13.7. The molecule has 94 valence electrons. The van der Waals surface area contributed by atoms with E-state index in [9.17, 15) is 9.18 Å². The van der Waals surface area contributed by atoms with Crippen molar-refractivity contribution in [2.24, 2.45) is 5.73 Å². The Labute approximate surface area is 115 Å². The van der Waals surface area contributed by atoms with Crippen molar-refractivity contribution in [1.82, 2.24) is 15.4 Å². The maximum Gasteiger partial charge on any atom is 0.271 e. The van der Waals surface area contributed by atoms with E-state index in [1.807, 2.05) is 22.6 Å². The van der Waals surface area contributed by atoms with E-state index in [2.05, 4.69) is 15.4 Å². The van der Waals surface area contributed by atoms with Crippen molar-refractivity contribution in [3.63, 3.8) is 0 Å². The molecule has 2 aromatic rings. The lowest BCUT2D eigenvalue weighted by Crippen LogP contribution is -2.12. The van der Waals surface area contributed by atoms with Crippen LogP contribution in [0.5, 0.6) is 5.75 Å². The minimum absolute atomic E-state index is 0.0321. The number of primary amides is 1. The van der Waals surface area contributed by atoms with E-state index in [0.29, 0.717) is 9.13 Å². The molecule has 18 heavy (non-hydrogen) atoms. The standard InChI is InChI=1S/C10H8FIN4O2/c1-18-9-5(11)2-4(3-6(9)12)7-8(10(13)17)15-16-14-7/h2-3H,1H3,(H2,13,17)(H,14,15,16). The third-order valence-corrected chi connectivity index (χ3v) is 3.06. The summed E-state index contributed by atoms with van der Waals surface area (Å²) >= 11 is 1.93. The molecule has 8 heteroatoms. The van der Waals surface area contributed by atoms with Gasteiger partial charge in [0.2, 0.25) is 0 Å². The average Bonchev–Trinajstić information content (AvgIpc) is 2.77. The molecule has 0 radical (unpaired) electrons. The first-order chi connectivity index (χ1) is 8.54. The number of nitrogens with one attached hydrogen (secondary N) is 1. The molecule has 0 atom stereocenters. The van der Waals surface area contributed by atoms with Crippen molar-refractivity contribution in [3.8, 4) is 17.0 Å². The Hall–Kier alpha value is -1.71. The largest absolute Gasteiger partial charge is 0.493 e. The van der Waals surface area contributed by atoms with Crippen molar-refractivity contribution >= 4 is 28.5 Å². The van der Waals surface area contributed by atoms with Crippen LogP contribution in [0, 0.1) is 9.39 Å². The number of nitrogens with two attached hydrogens (primary N) is 1. The van der Waals surface area contributed by atoms with Gasteiger partial charge in [0.05, 0.1) is 10.7 Å². The molecule has 2 rings (SSSR count). The number of hydrogen-bond donors (Lipinski definition) is 2. The monoisotopic (exact) mass is 362 g/mol. The lowest BCUT2D eigenvalue weighted by Gasteiger charge is -2.06. The predicted molar refractivity (Wildman–Crippen MR) is 69.6 cm³/mol. The fourth-order valence-electron chi connectivity index (χ4n) is 1.50. The Morgan fingerprint density at radius 2 is 2.22 bits per heavy atom. The number of benzene rings is 1. The average molecular weight is 362 g/mol. The van der Waals surface area contributed by atoms with Gasteiger partial charge in [0.25, 0.3) is 5.91 Å². The number of aromatic nitrogens is 3. The number of nitrogens with zero attached hydrogens (tertiary/aromatic N) is 2. The molecule has 3 N–H and O–H groups in total. The molecule has 0 bridgehead atoms. The molecular weight excluding hydrogens is 354 g/mol. The minimum atomic E-state index is -0.731. The smallest absolute Gasteiger partial charge is 0.271 e. The fourth-order valence-corrected chi connectivity index (χ4v) is 2.31. The third kappa shape index (κ3) is 2.15. The SMILES string of the molecule is COc1c(F)cc(-c2n[nH]nc2C(N)=O)cc1I. The first kappa shape index (κ1) is 12.7.